The van der Waals surface area contributed by atoms with Crippen molar-refractivity contribution >= 4 is 17.4 Å². The van der Waals surface area contributed by atoms with E-state index in [1.807, 2.05) is 30.3 Å². The Kier molecular flexibility index (Phi) is 6.53. The van der Waals surface area contributed by atoms with Crippen LogP contribution in [0.5, 0.6) is 5.75 Å². The molecular formula is C25H24N2O6. The molecule has 170 valence electrons. The highest BCUT2D eigenvalue weighted by molar-refractivity contribution is 6.03. The minimum absolute atomic E-state index is 0.0303. The summed E-state index contributed by atoms with van der Waals surface area (Å²) in [5.74, 6) is -0.547. The summed E-state index contributed by atoms with van der Waals surface area (Å²) in [5, 5.41) is 14.3. The molecule has 0 unspecified atom stereocenters. The van der Waals surface area contributed by atoms with Crippen LogP contribution >= 0.6 is 0 Å². The second-order valence-corrected chi connectivity index (χ2v) is 7.91. The molecular weight excluding hydrogens is 424 g/mol. The van der Waals surface area contributed by atoms with Crippen LogP contribution in [0.1, 0.15) is 37.7 Å². The lowest BCUT2D eigenvalue weighted by Crippen LogP contribution is -2.34. The third-order valence-electron chi connectivity index (χ3n) is 5.76. The summed E-state index contributed by atoms with van der Waals surface area (Å²) in [6.45, 7) is 2.00. The van der Waals surface area contributed by atoms with Crippen LogP contribution in [0.15, 0.2) is 77.1 Å². The fourth-order valence-electron chi connectivity index (χ4n) is 4.26. The summed E-state index contributed by atoms with van der Waals surface area (Å²) in [6.07, 6.45) is 1.84. The molecule has 1 atom stereocenters. The number of carbonyl (C=O) groups excluding carboxylic acids is 2. The Bertz CT molecular complexity index is 1140. The van der Waals surface area contributed by atoms with Crippen molar-refractivity contribution in [2.75, 3.05) is 13.2 Å². The molecule has 0 aromatic heterocycles. The molecule has 33 heavy (non-hydrogen) atoms. The van der Waals surface area contributed by atoms with Crippen molar-refractivity contribution < 1.29 is 24.0 Å². The monoisotopic (exact) mass is 448 g/mol. The highest BCUT2D eigenvalue weighted by Crippen LogP contribution is 2.42. The first-order chi connectivity index (χ1) is 16.0. The minimum Gasteiger partial charge on any atom is -0.490 e. The Balaban J connectivity index is 1.58. The van der Waals surface area contributed by atoms with Gasteiger partial charge in [-0.15, -0.1) is 0 Å². The van der Waals surface area contributed by atoms with Crippen LogP contribution in [0, 0.1) is 10.1 Å². The lowest BCUT2D eigenvalue weighted by Gasteiger charge is -2.34. The van der Waals surface area contributed by atoms with Gasteiger partial charge in [0.25, 0.3) is 5.69 Å². The fraction of sp³-hybridized carbons (Fsp3) is 0.280. The molecule has 0 fully saturated rings. The number of carbonyl (C=O) groups is 2. The molecule has 0 radical (unpaired) electrons. The summed E-state index contributed by atoms with van der Waals surface area (Å²) in [5.41, 5.74) is 2.86. The van der Waals surface area contributed by atoms with Crippen molar-refractivity contribution in [2.45, 2.75) is 32.1 Å². The topological polar surface area (TPSA) is 108 Å². The minimum atomic E-state index is -0.641. The van der Waals surface area contributed by atoms with Crippen LogP contribution in [0.4, 0.5) is 5.69 Å². The smallest absolute Gasteiger partial charge is 0.336 e. The van der Waals surface area contributed by atoms with E-state index < -0.39 is 16.8 Å². The number of nitro benzene ring substituents is 1. The van der Waals surface area contributed by atoms with Crippen molar-refractivity contribution in [1.82, 2.24) is 5.32 Å². The summed E-state index contributed by atoms with van der Waals surface area (Å²) < 4.78 is 11.1. The predicted molar refractivity (Wildman–Crippen MR) is 120 cm³/mol. The van der Waals surface area contributed by atoms with Crippen LogP contribution in [0.3, 0.4) is 0 Å². The van der Waals surface area contributed by atoms with Gasteiger partial charge in [0, 0.05) is 41.4 Å². The van der Waals surface area contributed by atoms with Gasteiger partial charge >= 0.3 is 5.97 Å². The molecule has 8 nitrogen and oxygen atoms in total. The van der Waals surface area contributed by atoms with E-state index in [0.717, 1.165) is 12.1 Å². The van der Waals surface area contributed by atoms with E-state index in [-0.39, 0.29) is 24.7 Å². The number of Topliss-reactive ketones (excluding diaryl/α,β-unsaturated/α-hetero) is 1. The number of rotatable bonds is 7. The molecule has 0 amide bonds. The van der Waals surface area contributed by atoms with Crippen LogP contribution in [-0.2, 0) is 14.3 Å². The summed E-state index contributed by atoms with van der Waals surface area (Å²) in [6, 6.07) is 15.2. The van der Waals surface area contributed by atoms with Crippen LogP contribution in [0.25, 0.3) is 0 Å². The number of para-hydroxylation sites is 1. The van der Waals surface area contributed by atoms with E-state index in [4.69, 9.17) is 9.47 Å². The first-order valence-electron chi connectivity index (χ1n) is 10.8. The van der Waals surface area contributed by atoms with Crippen LogP contribution in [-0.4, -0.2) is 29.9 Å². The van der Waals surface area contributed by atoms with Gasteiger partial charge in [-0.25, -0.2) is 4.79 Å². The normalized spacial score (nSPS) is 17.8. The number of dihydropyridines is 1. The molecule has 1 aliphatic carbocycles. The van der Waals surface area contributed by atoms with Gasteiger partial charge in [-0.2, -0.15) is 0 Å². The van der Waals surface area contributed by atoms with Crippen molar-refractivity contribution in [3.8, 4) is 5.75 Å². The third-order valence-corrected chi connectivity index (χ3v) is 5.76. The SMILES string of the molecule is CC1=C(C(=O)OCCOc2ccccc2)[C@@H](c2ccc([N+](=O)[O-])cc2)C2=C(CCCC2=O)N1. The van der Waals surface area contributed by atoms with E-state index in [1.54, 1.807) is 19.1 Å². The Morgan fingerprint density at radius 1 is 1.09 bits per heavy atom. The maximum absolute atomic E-state index is 13.1. The van der Waals surface area contributed by atoms with E-state index in [2.05, 4.69) is 5.32 Å². The maximum atomic E-state index is 13.1. The number of ether oxygens (including phenoxy) is 2. The van der Waals surface area contributed by atoms with Gasteiger partial charge in [0.15, 0.2) is 5.78 Å². The average molecular weight is 448 g/mol. The molecule has 1 N–H and O–H groups in total. The highest BCUT2D eigenvalue weighted by atomic mass is 16.6. The summed E-state index contributed by atoms with van der Waals surface area (Å²) in [4.78, 5) is 36.6. The molecule has 0 saturated heterocycles. The molecule has 1 heterocycles. The van der Waals surface area contributed by atoms with Gasteiger partial charge in [0.05, 0.1) is 10.5 Å². The van der Waals surface area contributed by atoms with Gasteiger partial charge in [-0.3, -0.25) is 14.9 Å². The van der Waals surface area contributed by atoms with Gasteiger partial charge in [0.1, 0.15) is 19.0 Å². The molecule has 2 aromatic rings. The van der Waals surface area contributed by atoms with Crippen LogP contribution in [0.2, 0.25) is 0 Å². The number of hydrogen-bond acceptors (Lipinski definition) is 7. The van der Waals surface area contributed by atoms with Crippen molar-refractivity contribution in [3.05, 3.63) is 92.8 Å². The van der Waals surface area contributed by atoms with Gasteiger partial charge < -0.3 is 14.8 Å². The second kappa shape index (κ2) is 9.68. The van der Waals surface area contributed by atoms with E-state index in [0.29, 0.717) is 41.0 Å². The number of benzene rings is 2. The molecule has 0 saturated carbocycles. The first-order valence-corrected chi connectivity index (χ1v) is 10.8. The third kappa shape index (κ3) is 4.79. The average Bonchev–Trinajstić information content (AvgIpc) is 2.81. The summed E-state index contributed by atoms with van der Waals surface area (Å²) in [7, 11) is 0. The number of esters is 1. The zero-order valence-electron chi connectivity index (χ0n) is 18.2. The highest BCUT2D eigenvalue weighted by Gasteiger charge is 2.39. The number of nitro groups is 1. The number of nitrogens with one attached hydrogen (secondary N) is 1. The van der Waals surface area contributed by atoms with Crippen molar-refractivity contribution in [1.29, 1.82) is 0 Å². The quantitative estimate of drug-likeness (QED) is 0.293. The lowest BCUT2D eigenvalue weighted by molar-refractivity contribution is -0.384. The molecule has 2 aliphatic rings. The largest absolute Gasteiger partial charge is 0.490 e. The predicted octanol–water partition coefficient (Wildman–Crippen LogP) is 4.18. The zero-order chi connectivity index (χ0) is 23.4. The Labute approximate surface area is 191 Å². The second-order valence-electron chi connectivity index (χ2n) is 7.91. The summed E-state index contributed by atoms with van der Waals surface area (Å²) >= 11 is 0. The van der Waals surface area contributed by atoms with E-state index in [9.17, 15) is 19.7 Å². The van der Waals surface area contributed by atoms with Gasteiger partial charge in [0.2, 0.25) is 0 Å². The molecule has 0 spiro atoms. The molecule has 4 rings (SSSR count). The zero-order valence-corrected chi connectivity index (χ0v) is 18.2. The number of non-ortho nitro benzene ring substituents is 1. The number of allylic oxidation sites excluding steroid dienone is 3. The Morgan fingerprint density at radius 2 is 1.82 bits per heavy atom. The van der Waals surface area contributed by atoms with E-state index in [1.165, 1.54) is 12.1 Å². The maximum Gasteiger partial charge on any atom is 0.336 e. The first kappa shape index (κ1) is 22.3. The van der Waals surface area contributed by atoms with Gasteiger partial charge in [-0.1, -0.05) is 30.3 Å². The van der Waals surface area contributed by atoms with Crippen molar-refractivity contribution in [2.24, 2.45) is 0 Å². The number of hydrogen-bond donors (Lipinski definition) is 1. The van der Waals surface area contributed by atoms with Gasteiger partial charge in [-0.05, 0) is 37.5 Å². The lowest BCUT2D eigenvalue weighted by atomic mass is 9.75. The molecule has 8 heteroatoms. The molecule has 0 bridgehead atoms. The van der Waals surface area contributed by atoms with Crippen LogP contribution < -0.4 is 10.1 Å². The number of ketones is 1. The Hall–Kier alpha value is -3.94. The van der Waals surface area contributed by atoms with Crippen molar-refractivity contribution in [3.63, 3.8) is 0 Å². The number of nitrogens with zero attached hydrogens (tertiary/aromatic N) is 1. The standard InChI is InChI=1S/C25H24N2O6/c1-16-22(25(29)33-15-14-32-19-6-3-2-4-7-19)23(17-10-12-18(13-11-17)27(30)31)24-20(26-16)8-5-9-21(24)28/h2-4,6-7,10-13,23,26H,5,8-9,14-15H2,1H3/t23-/m1/s1. The molecule has 1 aliphatic heterocycles. The fourth-order valence-corrected chi connectivity index (χ4v) is 4.26. The Morgan fingerprint density at radius 3 is 2.52 bits per heavy atom. The van der Waals surface area contributed by atoms with E-state index >= 15 is 0 Å². The molecule has 2 aromatic carbocycles.